The van der Waals surface area contributed by atoms with Gasteiger partial charge in [0.15, 0.2) is 6.61 Å². The topological polar surface area (TPSA) is 68.3 Å². The summed E-state index contributed by atoms with van der Waals surface area (Å²) in [4.78, 5) is 30.6. The Morgan fingerprint density at radius 1 is 1.22 bits per heavy atom. The zero-order valence-corrected chi connectivity index (χ0v) is 16.4. The molecular formula is C21H22N2O3S. The van der Waals surface area contributed by atoms with Crippen LogP contribution in [0.4, 0.5) is 0 Å². The van der Waals surface area contributed by atoms with Crippen LogP contribution in [-0.4, -0.2) is 23.5 Å². The Bertz CT molecular complexity index is 967. The summed E-state index contributed by atoms with van der Waals surface area (Å²) in [5.74, 6) is -0.823. The van der Waals surface area contributed by atoms with Gasteiger partial charge in [0.2, 0.25) is 0 Å². The molecular weight excluding hydrogens is 360 g/mol. The summed E-state index contributed by atoms with van der Waals surface area (Å²) in [5.41, 5.74) is 2.89. The molecule has 3 aromatic rings. The first-order valence-corrected chi connectivity index (χ1v) is 9.77. The molecule has 0 bridgehead atoms. The Kier molecular flexibility index (Phi) is 5.86. The molecule has 2 heterocycles. The summed E-state index contributed by atoms with van der Waals surface area (Å²) in [6, 6.07) is 11.3. The second-order valence-corrected chi connectivity index (χ2v) is 7.29. The smallest absolute Gasteiger partial charge is 0.339 e. The Morgan fingerprint density at radius 2 is 2.00 bits per heavy atom. The molecule has 2 aromatic heterocycles. The predicted molar refractivity (Wildman–Crippen MR) is 107 cm³/mol. The van der Waals surface area contributed by atoms with Gasteiger partial charge >= 0.3 is 5.97 Å². The standard InChI is InChI=1S/C21H22N2O3S/c1-4-16-13(2)20(15-8-5-6-9-17(15)23-16)21(25)26-12-19(24)22-14(3)18-10-7-11-27-18/h5-11,14H,4,12H2,1-3H3,(H,22,24)/t14-/m0/s1. The van der Waals surface area contributed by atoms with Gasteiger partial charge in [-0.2, -0.15) is 0 Å². The molecule has 140 valence electrons. The number of fused-ring (bicyclic) bond motifs is 1. The summed E-state index contributed by atoms with van der Waals surface area (Å²) in [6.07, 6.45) is 0.718. The van der Waals surface area contributed by atoms with E-state index in [0.29, 0.717) is 5.56 Å². The van der Waals surface area contributed by atoms with Crippen molar-refractivity contribution in [2.45, 2.75) is 33.2 Å². The van der Waals surface area contributed by atoms with Crippen molar-refractivity contribution in [1.82, 2.24) is 10.3 Å². The van der Waals surface area contributed by atoms with E-state index >= 15 is 0 Å². The molecule has 0 saturated heterocycles. The van der Waals surface area contributed by atoms with Crippen molar-refractivity contribution in [3.8, 4) is 0 Å². The van der Waals surface area contributed by atoms with Gasteiger partial charge in [0.25, 0.3) is 5.91 Å². The Morgan fingerprint density at radius 3 is 2.70 bits per heavy atom. The van der Waals surface area contributed by atoms with Crippen molar-refractivity contribution >= 4 is 34.1 Å². The van der Waals surface area contributed by atoms with Crippen LogP contribution in [0.2, 0.25) is 0 Å². The maximum absolute atomic E-state index is 12.7. The number of ether oxygens (including phenoxy) is 1. The molecule has 1 aromatic carbocycles. The van der Waals surface area contributed by atoms with Gasteiger partial charge in [0.05, 0.1) is 17.1 Å². The molecule has 0 aliphatic carbocycles. The lowest BCUT2D eigenvalue weighted by Crippen LogP contribution is -2.31. The number of hydrogen-bond acceptors (Lipinski definition) is 5. The molecule has 0 unspecified atom stereocenters. The van der Waals surface area contributed by atoms with Crippen LogP contribution in [0, 0.1) is 6.92 Å². The van der Waals surface area contributed by atoms with Crippen molar-refractivity contribution in [2.24, 2.45) is 0 Å². The lowest BCUT2D eigenvalue weighted by molar-refractivity contribution is -0.124. The lowest BCUT2D eigenvalue weighted by atomic mass is 10.0. The SMILES string of the molecule is CCc1nc2ccccc2c(C(=O)OCC(=O)N[C@@H](C)c2cccs2)c1C. The zero-order chi connectivity index (χ0) is 19.4. The van der Waals surface area contributed by atoms with Gasteiger partial charge in [-0.1, -0.05) is 31.2 Å². The van der Waals surface area contributed by atoms with Crippen LogP contribution < -0.4 is 5.32 Å². The third-order valence-electron chi connectivity index (χ3n) is 4.46. The van der Waals surface area contributed by atoms with E-state index in [1.165, 1.54) is 0 Å². The molecule has 5 nitrogen and oxygen atoms in total. The minimum absolute atomic E-state index is 0.119. The van der Waals surface area contributed by atoms with E-state index in [1.807, 2.05) is 62.5 Å². The molecule has 6 heteroatoms. The average Bonchev–Trinajstić information content (AvgIpc) is 3.20. The summed E-state index contributed by atoms with van der Waals surface area (Å²) in [5, 5.41) is 5.54. The van der Waals surface area contributed by atoms with Crippen LogP contribution >= 0.6 is 11.3 Å². The molecule has 0 aliphatic heterocycles. The van der Waals surface area contributed by atoms with Gasteiger partial charge in [0, 0.05) is 16.0 Å². The molecule has 27 heavy (non-hydrogen) atoms. The quantitative estimate of drug-likeness (QED) is 0.649. The van der Waals surface area contributed by atoms with Crippen molar-refractivity contribution in [3.05, 3.63) is 63.5 Å². The Labute approximate surface area is 162 Å². The van der Waals surface area contributed by atoms with Crippen LogP contribution in [0.1, 0.15) is 46.4 Å². The zero-order valence-electron chi connectivity index (χ0n) is 15.6. The third kappa shape index (κ3) is 4.17. The van der Waals surface area contributed by atoms with Gasteiger partial charge in [-0.05, 0) is 43.3 Å². The number of aryl methyl sites for hydroxylation is 1. The maximum atomic E-state index is 12.7. The van der Waals surface area contributed by atoms with E-state index in [4.69, 9.17) is 4.74 Å². The van der Waals surface area contributed by atoms with Crippen molar-refractivity contribution in [2.75, 3.05) is 6.61 Å². The number of benzene rings is 1. The van der Waals surface area contributed by atoms with Crippen LogP contribution in [0.15, 0.2) is 41.8 Å². The fourth-order valence-electron chi connectivity index (χ4n) is 3.06. The fourth-order valence-corrected chi connectivity index (χ4v) is 3.80. The molecule has 3 rings (SSSR count). The van der Waals surface area contributed by atoms with Crippen LogP contribution in [0.3, 0.4) is 0 Å². The van der Waals surface area contributed by atoms with E-state index in [1.54, 1.807) is 11.3 Å². The second kappa shape index (κ2) is 8.31. The van der Waals surface area contributed by atoms with E-state index in [-0.39, 0.29) is 18.6 Å². The molecule has 1 N–H and O–H groups in total. The highest BCUT2D eigenvalue weighted by Crippen LogP contribution is 2.24. The molecule has 0 aliphatic rings. The highest BCUT2D eigenvalue weighted by atomic mass is 32.1. The summed E-state index contributed by atoms with van der Waals surface area (Å²) >= 11 is 1.57. The Balaban J connectivity index is 1.74. The highest BCUT2D eigenvalue weighted by molar-refractivity contribution is 7.10. The number of amides is 1. The second-order valence-electron chi connectivity index (χ2n) is 6.31. The minimum atomic E-state index is -0.500. The normalized spacial score (nSPS) is 12.0. The average molecular weight is 382 g/mol. The van der Waals surface area contributed by atoms with Gasteiger partial charge in [-0.25, -0.2) is 4.79 Å². The number of nitrogens with one attached hydrogen (secondary N) is 1. The third-order valence-corrected chi connectivity index (χ3v) is 5.51. The largest absolute Gasteiger partial charge is 0.452 e. The van der Waals surface area contributed by atoms with Crippen LogP contribution in [0.25, 0.3) is 10.9 Å². The van der Waals surface area contributed by atoms with Crippen molar-refractivity contribution in [1.29, 1.82) is 0 Å². The number of esters is 1. The number of nitrogens with zero attached hydrogens (tertiary/aromatic N) is 1. The van der Waals surface area contributed by atoms with Crippen LogP contribution in [0.5, 0.6) is 0 Å². The lowest BCUT2D eigenvalue weighted by Gasteiger charge is -2.14. The Hall–Kier alpha value is -2.73. The van der Waals surface area contributed by atoms with Gasteiger partial charge < -0.3 is 10.1 Å². The summed E-state index contributed by atoms with van der Waals surface area (Å²) in [7, 11) is 0. The van der Waals surface area contributed by atoms with E-state index < -0.39 is 5.97 Å². The first-order chi connectivity index (χ1) is 13.0. The number of rotatable bonds is 6. The number of carbonyl (C=O) groups excluding carboxylic acids is 2. The molecule has 0 radical (unpaired) electrons. The minimum Gasteiger partial charge on any atom is -0.452 e. The maximum Gasteiger partial charge on any atom is 0.339 e. The molecule has 1 amide bonds. The summed E-state index contributed by atoms with van der Waals surface area (Å²) in [6.45, 7) is 5.46. The van der Waals surface area contributed by atoms with Crippen molar-refractivity contribution in [3.63, 3.8) is 0 Å². The van der Waals surface area contributed by atoms with E-state index in [0.717, 1.165) is 33.5 Å². The highest BCUT2D eigenvalue weighted by Gasteiger charge is 2.20. The molecule has 0 spiro atoms. The number of pyridine rings is 1. The number of hydrogen-bond donors (Lipinski definition) is 1. The van der Waals surface area contributed by atoms with Gasteiger partial charge in [-0.15, -0.1) is 11.3 Å². The molecule has 0 fully saturated rings. The van der Waals surface area contributed by atoms with Crippen molar-refractivity contribution < 1.29 is 14.3 Å². The van der Waals surface area contributed by atoms with Crippen LogP contribution in [-0.2, 0) is 16.0 Å². The van der Waals surface area contributed by atoms with Gasteiger partial charge in [-0.3, -0.25) is 9.78 Å². The first kappa shape index (κ1) is 19.0. The predicted octanol–water partition coefficient (Wildman–Crippen LogP) is 4.20. The number of para-hydroxylation sites is 1. The molecule has 0 saturated carbocycles. The van der Waals surface area contributed by atoms with Gasteiger partial charge in [0.1, 0.15) is 0 Å². The van der Waals surface area contributed by atoms with E-state index in [2.05, 4.69) is 10.3 Å². The molecule has 1 atom stereocenters. The number of carbonyl (C=O) groups is 2. The fraction of sp³-hybridized carbons (Fsp3) is 0.286. The van der Waals surface area contributed by atoms with E-state index in [9.17, 15) is 9.59 Å². The first-order valence-electron chi connectivity index (χ1n) is 8.89. The number of aromatic nitrogens is 1. The summed E-state index contributed by atoms with van der Waals surface area (Å²) < 4.78 is 5.32. The number of thiophene rings is 1. The monoisotopic (exact) mass is 382 g/mol.